The van der Waals surface area contributed by atoms with Gasteiger partial charge in [0.25, 0.3) is 0 Å². The van der Waals surface area contributed by atoms with E-state index in [9.17, 15) is 4.79 Å². The van der Waals surface area contributed by atoms with Crippen molar-refractivity contribution in [1.82, 2.24) is 9.97 Å². The molecule has 2 rings (SSSR count). The van der Waals surface area contributed by atoms with Gasteiger partial charge in [-0.25, -0.2) is 14.8 Å². The zero-order chi connectivity index (χ0) is 11.5. The van der Waals surface area contributed by atoms with E-state index in [1.165, 1.54) is 25.2 Å². The van der Waals surface area contributed by atoms with Crippen LogP contribution in [0.5, 0.6) is 0 Å². The minimum atomic E-state index is -1.02. The van der Waals surface area contributed by atoms with Crippen molar-refractivity contribution in [3.8, 4) is 0 Å². The molecule has 1 heterocycles. The van der Waals surface area contributed by atoms with Crippen LogP contribution in [0.15, 0.2) is 12.4 Å². The van der Waals surface area contributed by atoms with Crippen molar-refractivity contribution in [2.75, 3.05) is 11.9 Å². The van der Waals surface area contributed by atoms with E-state index in [2.05, 4.69) is 9.97 Å². The molecule has 1 aromatic heterocycles. The fourth-order valence-electron chi connectivity index (χ4n) is 2.20. The Morgan fingerprint density at radius 1 is 1.38 bits per heavy atom. The molecule has 1 aliphatic rings. The maximum atomic E-state index is 11.0. The van der Waals surface area contributed by atoms with Crippen LogP contribution in [-0.4, -0.2) is 34.1 Å². The number of rotatable bonds is 3. The summed E-state index contributed by atoms with van der Waals surface area (Å²) in [5, 5.41) is 9.03. The summed E-state index contributed by atoms with van der Waals surface area (Å²) in [6, 6.07) is 0.398. The summed E-state index contributed by atoms with van der Waals surface area (Å²) in [7, 11) is 1.90. The summed E-state index contributed by atoms with van der Waals surface area (Å²) in [4.78, 5) is 21.0. The van der Waals surface area contributed by atoms with Crippen molar-refractivity contribution in [2.45, 2.75) is 31.7 Å². The van der Waals surface area contributed by atoms with E-state index in [1.807, 2.05) is 11.9 Å². The number of anilines is 1. The van der Waals surface area contributed by atoms with Crippen LogP contribution in [-0.2, 0) is 0 Å². The van der Waals surface area contributed by atoms with E-state index >= 15 is 0 Å². The molecule has 1 aromatic rings. The fourth-order valence-corrected chi connectivity index (χ4v) is 2.20. The van der Waals surface area contributed by atoms with Gasteiger partial charge in [0.1, 0.15) is 0 Å². The summed E-state index contributed by atoms with van der Waals surface area (Å²) >= 11 is 0. The van der Waals surface area contributed by atoms with Crippen LogP contribution in [0.3, 0.4) is 0 Å². The first-order chi connectivity index (χ1) is 7.70. The first-order valence-corrected chi connectivity index (χ1v) is 5.47. The minimum Gasteiger partial charge on any atom is -0.476 e. The third-order valence-electron chi connectivity index (χ3n) is 3.09. The third-order valence-corrected chi connectivity index (χ3v) is 3.09. The van der Waals surface area contributed by atoms with Gasteiger partial charge < -0.3 is 10.0 Å². The van der Waals surface area contributed by atoms with E-state index in [1.54, 1.807) is 0 Å². The van der Waals surface area contributed by atoms with Crippen LogP contribution in [0.1, 0.15) is 36.2 Å². The van der Waals surface area contributed by atoms with Gasteiger partial charge in [-0.05, 0) is 12.8 Å². The molecule has 0 spiro atoms. The number of carbonyl (C=O) groups is 1. The maximum Gasteiger partial charge on any atom is 0.358 e. The molecule has 5 heteroatoms. The topological polar surface area (TPSA) is 66.3 Å². The summed E-state index contributed by atoms with van der Waals surface area (Å²) in [6.45, 7) is 0. The highest BCUT2D eigenvalue weighted by atomic mass is 16.4. The van der Waals surface area contributed by atoms with Crippen LogP contribution in [0, 0.1) is 0 Å². The molecule has 1 N–H and O–H groups in total. The van der Waals surface area contributed by atoms with Gasteiger partial charge in [-0.1, -0.05) is 12.8 Å². The Kier molecular flexibility index (Phi) is 3.03. The van der Waals surface area contributed by atoms with Gasteiger partial charge in [0, 0.05) is 25.5 Å². The van der Waals surface area contributed by atoms with Crippen molar-refractivity contribution < 1.29 is 9.90 Å². The van der Waals surface area contributed by atoms with E-state index in [0.717, 1.165) is 12.8 Å². The largest absolute Gasteiger partial charge is 0.476 e. The highest BCUT2D eigenvalue weighted by molar-refractivity contribution is 5.90. The summed E-state index contributed by atoms with van der Waals surface area (Å²) in [5.74, 6) is -0.546. The first kappa shape index (κ1) is 10.9. The number of carboxylic acids is 1. The standard InChI is InChI=1S/C11H15N3O2/c1-14(8-4-2-3-5-8)10-9(11(15)16)12-6-7-13-10/h6-8H,2-5H2,1H3,(H,15,16). The van der Waals surface area contributed by atoms with Crippen LogP contribution >= 0.6 is 0 Å². The first-order valence-electron chi connectivity index (χ1n) is 5.47. The number of aromatic nitrogens is 2. The van der Waals surface area contributed by atoms with Crippen LogP contribution in [0.4, 0.5) is 5.82 Å². The molecular weight excluding hydrogens is 206 g/mol. The van der Waals surface area contributed by atoms with Crippen LogP contribution in [0.25, 0.3) is 0 Å². The maximum absolute atomic E-state index is 11.0. The lowest BCUT2D eigenvalue weighted by atomic mass is 10.2. The Morgan fingerprint density at radius 3 is 2.62 bits per heavy atom. The second kappa shape index (κ2) is 4.47. The normalized spacial score (nSPS) is 16.3. The van der Waals surface area contributed by atoms with Gasteiger partial charge in [0.2, 0.25) is 0 Å². The molecule has 0 bridgehead atoms. The van der Waals surface area contributed by atoms with Crippen molar-refractivity contribution >= 4 is 11.8 Å². The van der Waals surface area contributed by atoms with Gasteiger partial charge >= 0.3 is 5.97 Å². The number of aromatic carboxylic acids is 1. The van der Waals surface area contributed by atoms with E-state index < -0.39 is 5.97 Å². The summed E-state index contributed by atoms with van der Waals surface area (Å²) < 4.78 is 0. The van der Waals surface area contributed by atoms with E-state index in [0.29, 0.717) is 11.9 Å². The smallest absolute Gasteiger partial charge is 0.358 e. The molecular formula is C11H15N3O2. The molecule has 16 heavy (non-hydrogen) atoms. The highest BCUT2D eigenvalue weighted by Crippen LogP contribution is 2.26. The van der Waals surface area contributed by atoms with Gasteiger partial charge in [-0.15, -0.1) is 0 Å². The second-order valence-electron chi connectivity index (χ2n) is 4.08. The van der Waals surface area contributed by atoms with Gasteiger partial charge in [0.05, 0.1) is 0 Å². The average molecular weight is 221 g/mol. The predicted molar refractivity (Wildman–Crippen MR) is 59.7 cm³/mol. The van der Waals surface area contributed by atoms with E-state index in [4.69, 9.17) is 5.11 Å². The molecule has 0 atom stereocenters. The van der Waals surface area contributed by atoms with E-state index in [-0.39, 0.29) is 5.69 Å². The average Bonchev–Trinajstić information content (AvgIpc) is 2.81. The summed E-state index contributed by atoms with van der Waals surface area (Å²) in [6.07, 6.45) is 7.57. The van der Waals surface area contributed by atoms with Gasteiger partial charge in [-0.2, -0.15) is 0 Å². The molecule has 86 valence electrons. The Hall–Kier alpha value is -1.65. The lowest BCUT2D eigenvalue weighted by Gasteiger charge is -2.25. The molecule has 0 saturated heterocycles. The monoisotopic (exact) mass is 221 g/mol. The molecule has 5 nitrogen and oxygen atoms in total. The van der Waals surface area contributed by atoms with Crippen LogP contribution < -0.4 is 4.90 Å². The van der Waals surface area contributed by atoms with Crippen molar-refractivity contribution in [1.29, 1.82) is 0 Å². The predicted octanol–water partition coefficient (Wildman–Crippen LogP) is 1.55. The number of hydrogen-bond donors (Lipinski definition) is 1. The minimum absolute atomic E-state index is 0.0388. The Bertz CT molecular complexity index is 389. The molecule has 0 amide bonds. The molecule has 0 aliphatic heterocycles. The van der Waals surface area contributed by atoms with Crippen LogP contribution in [0.2, 0.25) is 0 Å². The fraction of sp³-hybridized carbons (Fsp3) is 0.545. The van der Waals surface area contributed by atoms with Gasteiger partial charge in [0.15, 0.2) is 11.5 Å². The number of carboxylic acid groups (broad SMARTS) is 1. The molecule has 1 saturated carbocycles. The molecule has 0 unspecified atom stereocenters. The molecule has 1 aliphatic carbocycles. The Balaban J connectivity index is 2.27. The zero-order valence-corrected chi connectivity index (χ0v) is 9.26. The molecule has 0 radical (unpaired) electrons. The Labute approximate surface area is 94.1 Å². The quantitative estimate of drug-likeness (QED) is 0.838. The summed E-state index contributed by atoms with van der Waals surface area (Å²) in [5.41, 5.74) is 0.0388. The molecule has 0 aromatic carbocycles. The SMILES string of the molecule is CN(c1nccnc1C(=O)O)C1CCCC1. The number of nitrogens with zero attached hydrogens (tertiary/aromatic N) is 3. The number of hydrogen-bond acceptors (Lipinski definition) is 4. The lowest BCUT2D eigenvalue weighted by molar-refractivity contribution is 0.0690. The Morgan fingerprint density at radius 2 is 2.00 bits per heavy atom. The second-order valence-corrected chi connectivity index (χ2v) is 4.08. The zero-order valence-electron chi connectivity index (χ0n) is 9.26. The lowest BCUT2D eigenvalue weighted by Crippen LogP contribution is -2.31. The third kappa shape index (κ3) is 1.98. The highest BCUT2D eigenvalue weighted by Gasteiger charge is 2.24. The molecule has 1 fully saturated rings. The van der Waals surface area contributed by atoms with Crippen molar-refractivity contribution in [2.24, 2.45) is 0 Å². The van der Waals surface area contributed by atoms with Gasteiger partial charge in [-0.3, -0.25) is 0 Å². The van der Waals surface area contributed by atoms with Crippen molar-refractivity contribution in [3.63, 3.8) is 0 Å². The van der Waals surface area contributed by atoms with Crippen molar-refractivity contribution in [3.05, 3.63) is 18.1 Å².